The lowest BCUT2D eigenvalue weighted by Gasteiger charge is -2.27. The van der Waals surface area contributed by atoms with Crippen LogP contribution in [0.4, 0.5) is 0 Å². The van der Waals surface area contributed by atoms with E-state index in [0.29, 0.717) is 22.6 Å². The highest BCUT2D eigenvalue weighted by molar-refractivity contribution is 7.89. The number of thiocarbonyl (C=S) groups is 1. The molecule has 2 N–H and O–H groups in total. The molecule has 1 aliphatic heterocycles. The fourth-order valence-corrected chi connectivity index (χ4v) is 4.86. The van der Waals surface area contributed by atoms with Crippen LogP contribution in [0.5, 0.6) is 0 Å². The van der Waals surface area contributed by atoms with Gasteiger partial charge in [0.05, 0.1) is 4.90 Å². The van der Waals surface area contributed by atoms with Gasteiger partial charge in [-0.3, -0.25) is 0 Å². The molecule has 1 unspecified atom stereocenters. The number of sulfonamides is 1. The van der Waals surface area contributed by atoms with Crippen molar-refractivity contribution in [2.75, 3.05) is 6.54 Å². The molecule has 0 aliphatic carbocycles. The highest BCUT2D eigenvalue weighted by Gasteiger charge is 2.31. The van der Waals surface area contributed by atoms with Crippen molar-refractivity contribution in [3.63, 3.8) is 0 Å². The summed E-state index contributed by atoms with van der Waals surface area (Å²) in [5.74, 6) is 0. The van der Waals surface area contributed by atoms with Gasteiger partial charge in [-0.1, -0.05) is 31.1 Å². The molecule has 0 saturated carbocycles. The number of hydrogen-bond donors (Lipinski definition) is 1. The second kappa shape index (κ2) is 6.42. The molecule has 1 fully saturated rings. The standard InChI is InChI=1S/C15H22N2O2S2/c1-11-10-13(15(16)20)7-8-14(11)21(18,19)17-9-5-3-4-6-12(17)2/h7-8,10,12H,3-6,9H2,1-2H3,(H2,16,20). The number of rotatable bonds is 3. The summed E-state index contributed by atoms with van der Waals surface area (Å²) < 4.78 is 27.5. The average Bonchev–Trinajstić information content (AvgIpc) is 2.63. The van der Waals surface area contributed by atoms with E-state index in [0.717, 1.165) is 25.7 Å². The minimum absolute atomic E-state index is 0.0483. The topological polar surface area (TPSA) is 63.4 Å². The van der Waals surface area contributed by atoms with Crippen molar-refractivity contribution in [3.05, 3.63) is 29.3 Å². The van der Waals surface area contributed by atoms with Gasteiger partial charge in [-0.25, -0.2) is 8.42 Å². The van der Waals surface area contributed by atoms with Crippen molar-refractivity contribution in [2.24, 2.45) is 5.73 Å². The minimum Gasteiger partial charge on any atom is -0.389 e. The summed E-state index contributed by atoms with van der Waals surface area (Å²) in [6.45, 7) is 4.37. The molecule has 0 aromatic heterocycles. The Hall–Kier alpha value is -0.980. The maximum Gasteiger partial charge on any atom is 0.243 e. The van der Waals surface area contributed by atoms with E-state index in [9.17, 15) is 8.42 Å². The van der Waals surface area contributed by atoms with Crippen molar-refractivity contribution in [2.45, 2.75) is 50.5 Å². The molecule has 1 aromatic carbocycles. The first-order chi connectivity index (χ1) is 9.84. The Morgan fingerprint density at radius 2 is 2.05 bits per heavy atom. The van der Waals surface area contributed by atoms with Gasteiger partial charge in [-0.05, 0) is 44.4 Å². The van der Waals surface area contributed by atoms with Crippen LogP contribution in [0.15, 0.2) is 23.1 Å². The van der Waals surface area contributed by atoms with Gasteiger partial charge in [0.15, 0.2) is 0 Å². The molecule has 1 atom stereocenters. The highest BCUT2D eigenvalue weighted by atomic mass is 32.2. The lowest BCUT2D eigenvalue weighted by molar-refractivity contribution is 0.342. The molecule has 0 spiro atoms. The van der Waals surface area contributed by atoms with Gasteiger partial charge in [0.2, 0.25) is 10.0 Å². The number of aryl methyl sites for hydroxylation is 1. The quantitative estimate of drug-likeness (QED) is 0.867. The minimum atomic E-state index is -3.46. The fourth-order valence-electron chi connectivity index (χ4n) is 2.82. The summed E-state index contributed by atoms with van der Waals surface area (Å²) in [6.07, 6.45) is 4.03. The van der Waals surface area contributed by atoms with Crippen LogP contribution in [0.3, 0.4) is 0 Å². The molecule has 1 aromatic rings. The van der Waals surface area contributed by atoms with Gasteiger partial charge in [0, 0.05) is 18.2 Å². The van der Waals surface area contributed by atoms with E-state index in [4.69, 9.17) is 18.0 Å². The molecule has 116 valence electrons. The summed E-state index contributed by atoms with van der Waals surface area (Å²) >= 11 is 4.94. The summed E-state index contributed by atoms with van der Waals surface area (Å²) in [4.78, 5) is 0.640. The Bertz CT molecular complexity index is 641. The van der Waals surface area contributed by atoms with Crippen molar-refractivity contribution >= 4 is 27.2 Å². The smallest absolute Gasteiger partial charge is 0.243 e. The lowest BCUT2D eigenvalue weighted by atomic mass is 10.1. The Balaban J connectivity index is 2.41. The summed E-state index contributed by atoms with van der Waals surface area (Å²) in [7, 11) is -3.46. The fraction of sp³-hybridized carbons (Fsp3) is 0.533. The maximum atomic E-state index is 12.9. The molecule has 0 amide bonds. The average molecular weight is 326 g/mol. The molecule has 4 nitrogen and oxygen atoms in total. The van der Waals surface area contributed by atoms with Crippen LogP contribution in [-0.4, -0.2) is 30.3 Å². The first-order valence-corrected chi connectivity index (χ1v) is 9.11. The van der Waals surface area contributed by atoms with Crippen LogP contribution < -0.4 is 5.73 Å². The first-order valence-electron chi connectivity index (χ1n) is 7.26. The molecular formula is C15H22N2O2S2. The molecule has 6 heteroatoms. The first kappa shape index (κ1) is 16.4. The molecule has 2 rings (SSSR count). The third kappa shape index (κ3) is 3.44. The van der Waals surface area contributed by atoms with Crippen LogP contribution >= 0.6 is 12.2 Å². The van der Waals surface area contributed by atoms with Crippen LogP contribution in [-0.2, 0) is 10.0 Å². The molecule has 1 heterocycles. The number of hydrogen-bond acceptors (Lipinski definition) is 3. The number of nitrogens with zero attached hydrogens (tertiary/aromatic N) is 1. The lowest BCUT2D eigenvalue weighted by Crippen LogP contribution is -2.38. The van der Waals surface area contributed by atoms with E-state index in [-0.39, 0.29) is 11.0 Å². The Morgan fingerprint density at radius 1 is 1.33 bits per heavy atom. The largest absolute Gasteiger partial charge is 0.389 e. The maximum absolute atomic E-state index is 12.9. The third-order valence-electron chi connectivity index (χ3n) is 4.04. The van der Waals surface area contributed by atoms with E-state index >= 15 is 0 Å². The van der Waals surface area contributed by atoms with Crippen LogP contribution in [0.2, 0.25) is 0 Å². The van der Waals surface area contributed by atoms with Gasteiger partial charge in [-0.2, -0.15) is 4.31 Å². The van der Waals surface area contributed by atoms with E-state index in [1.54, 1.807) is 29.4 Å². The molecule has 21 heavy (non-hydrogen) atoms. The van der Waals surface area contributed by atoms with Gasteiger partial charge >= 0.3 is 0 Å². The van der Waals surface area contributed by atoms with Crippen molar-refractivity contribution in [1.82, 2.24) is 4.31 Å². The number of benzene rings is 1. The Morgan fingerprint density at radius 3 is 2.67 bits per heavy atom. The monoisotopic (exact) mass is 326 g/mol. The van der Waals surface area contributed by atoms with Crippen LogP contribution in [0, 0.1) is 6.92 Å². The highest BCUT2D eigenvalue weighted by Crippen LogP contribution is 2.27. The van der Waals surface area contributed by atoms with Crippen LogP contribution in [0.25, 0.3) is 0 Å². The predicted molar refractivity (Wildman–Crippen MR) is 88.9 cm³/mol. The number of nitrogens with two attached hydrogens (primary N) is 1. The second-order valence-electron chi connectivity index (χ2n) is 5.66. The third-order valence-corrected chi connectivity index (χ3v) is 6.45. The molecular weight excluding hydrogens is 304 g/mol. The zero-order chi connectivity index (χ0) is 15.6. The van der Waals surface area contributed by atoms with Gasteiger partial charge in [0.25, 0.3) is 0 Å². The van der Waals surface area contributed by atoms with Crippen LogP contribution in [0.1, 0.15) is 43.7 Å². The predicted octanol–water partition coefficient (Wildman–Crippen LogP) is 2.58. The van der Waals surface area contributed by atoms with Crippen molar-refractivity contribution < 1.29 is 8.42 Å². The van der Waals surface area contributed by atoms with E-state index < -0.39 is 10.0 Å². The molecule has 1 aliphatic rings. The summed E-state index contributed by atoms with van der Waals surface area (Å²) in [6, 6.07) is 5.10. The van der Waals surface area contributed by atoms with E-state index in [1.165, 1.54) is 0 Å². The van der Waals surface area contributed by atoms with Crippen molar-refractivity contribution in [3.8, 4) is 0 Å². The van der Waals surface area contributed by atoms with Crippen molar-refractivity contribution in [1.29, 1.82) is 0 Å². The second-order valence-corrected chi connectivity index (χ2v) is 7.96. The summed E-state index contributed by atoms with van der Waals surface area (Å²) in [5, 5.41) is 0. The zero-order valence-electron chi connectivity index (χ0n) is 12.5. The van der Waals surface area contributed by atoms with E-state index in [1.807, 2.05) is 6.92 Å². The summed E-state index contributed by atoms with van der Waals surface area (Å²) in [5.41, 5.74) is 6.99. The van der Waals surface area contributed by atoms with E-state index in [2.05, 4.69) is 0 Å². The molecule has 0 radical (unpaired) electrons. The van der Waals surface area contributed by atoms with Gasteiger partial charge < -0.3 is 5.73 Å². The molecule has 1 saturated heterocycles. The zero-order valence-corrected chi connectivity index (χ0v) is 14.1. The SMILES string of the molecule is Cc1cc(C(N)=S)ccc1S(=O)(=O)N1CCCCCC1C. The van der Waals surface area contributed by atoms with Gasteiger partial charge in [0.1, 0.15) is 4.99 Å². The Kier molecular flexibility index (Phi) is 5.01. The molecule has 0 bridgehead atoms. The normalized spacial score (nSPS) is 21.0. The Labute approximate surface area is 132 Å². The van der Waals surface area contributed by atoms with Gasteiger partial charge in [-0.15, -0.1) is 0 Å².